The van der Waals surface area contributed by atoms with Crippen molar-refractivity contribution in [2.75, 3.05) is 18.5 Å². The summed E-state index contributed by atoms with van der Waals surface area (Å²) in [4.78, 5) is 12.5. The fraction of sp³-hybridized carbons (Fsp3) is 0.304. The van der Waals surface area contributed by atoms with Crippen molar-refractivity contribution in [3.05, 3.63) is 64.7 Å². The molecule has 0 aromatic heterocycles. The summed E-state index contributed by atoms with van der Waals surface area (Å²) in [6.07, 6.45) is 0.968. The Hall–Kier alpha value is -2.38. The van der Waals surface area contributed by atoms with Gasteiger partial charge in [0.2, 0.25) is 0 Å². The lowest BCUT2D eigenvalue weighted by Gasteiger charge is -2.12. The number of anilines is 1. The van der Waals surface area contributed by atoms with Crippen LogP contribution in [0.4, 0.5) is 5.69 Å². The summed E-state index contributed by atoms with van der Waals surface area (Å²) in [6.45, 7) is 11.1. The highest BCUT2D eigenvalue weighted by Gasteiger charge is 2.11. The maximum absolute atomic E-state index is 12.5. The molecule has 2 aromatic carbocycles. The van der Waals surface area contributed by atoms with Crippen LogP contribution in [-0.2, 0) is 0 Å². The number of hydrogen-bond donors (Lipinski definition) is 2. The van der Waals surface area contributed by atoms with Crippen molar-refractivity contribution in [3.63, 3.8) is 0 Å². The normalized spacial score (nSPS) is 10.4. The predicted octanol–water partition coefficient (Wildman–Crippen LogP) is 5.96. The van der Waals surface area contributed by atoms with Gasteiger partial charge in [-0.1, -0.05) is 20.4 Å². The molecule has 160 valence electrons. The minimum atomic E-state index is -0.302. The van der Waals surface area contributed by atoms with Crippen LogP contribution in [0.1, 0.15) is 37.6 Å². The number of halogens is 1. The van der Waals surface area contributed by atoms with E-state index in [9.17, 15) is 4.79 Å². The molecule has 5 nitrogen and oxygen atoms in total. The maximum atomic E-state index is 12.5. The van der Waals surface area contributed by atoms with E-state index in [4.69, 9.17) is 21.7 Å². The second-order valence-electron chi connectivity index (χ2n) is 7.35. The number of carbonyl (C=O) groups excluding carboxylic acids is 1. The average molecular weight is 491 g/mol. The Balaban J connectivity index is 1.88. The van der Waals surface area contributed by atoms with Gasteiger partial charge in [-0.25, -0.2) is 0 Å². The second-order valence-corrected chi connectivity index (χ2v) is 8.62. The Kier molecular flexibility index (Phi) is 9.33. The predicted molar refractivity (Wildman–Crippen MR) is 130 cm³/mol. The highest BCUT2D eigenvalue weighted by atomic mass is 79.9. The van der Waals surface area contributed by atoms with Crippen molar-refractivity contribution >= 4 is 44.9 Å². The van der Waals surface area contributed by atoms with Gasteiger partial charge in [0.15, 0.2) is 5.11 Å². The molecule has 2 N–H and O–H groups in total. The number of ether oxygens (including phenoxy) is 2. The lowest BCUT2D eigenvalue weighted by atomic mass is 10.1. The van der Waals surface area contributed by atoms with Crippen LogP contribution in [0.5, 0.6) is 11.5 Å². The highest BCUT2D eigenvalue weighted by Crippen LogP contribution is 2.26. The highest BCUT2D eigenvalue weighted by molar-refractivity contribution is 9.10. The van der Waals surface area contributed by atoms with Gasteiger partial charge in [0.25, 0.3) is 5.91 Å². The molecule has 0 spiro atoms. The molecule has 0 bridgehead atoms. The topological polar surface area (TPSA) is 59.6 Å². The lowest BCUT2D eigenvalue weighted by Crippen LogP contribution is -2.34. The molecule has 0 atom stereocenters. The zero-order valence-electron chi connectivity index (χ0n) is 17.5. The number of thiocarbonyl (C=S) groups is 1. The molecule has 2 aromatic rings. The van der Waals surface area contributed by atoms with E-state index in [1.54, 1.807) is 18.2 Å². The van der Waals surface area contributed by atoms with E-state index in [1.807, 2.05) is 31.2 Å². The zero-order chi connectivity index (χ0) is 22.1. The quantitative estimate of drug-likeness (QED) is 0.335. The Labute approximate surface area is 192 Å². The van der Waals surface area contributed by atoms with Crippen LogP contribution in [0.3, 0.4) is 0 Å². The summed E-state index contributed by atoms with van der Waals surface area (Å²) >= 11 is 8.71. The van der Waals surface area contributed by atoms with E-state index < -0.39 is 0 Å². The first kappa shape index (κ1) is 23.9. The fourth-order valence-corrected chi connectivity index (χ4v) is 3.05. The smallest absolute Gasteiger partial charge is 0.257 e. The summed E-state index contributed by atoms with van der Waals surface area (Å²) in [6, 6.07) is 12.5. The number of hydrogen-bond acceptors (Lipinski definition) is 4. The maximum Gasteiger partial charge on any atom is 0.257 e. The van der Waals surface area contributed by atoms with E-state index in [-0.39, 0.29) is 11.0 Å². The summed E-state index contributed by atoms with van der Waals surface area (Å²) in [7, 11) is 0. The monoisotopic (exact) mass is 490 g/mol. The van der Waals surface area contributed by atoms with Crippen LogP contribution in [0.15, 0.2) is 59.1 Å². The first-order valence-electron chi connectivity index (χ1n) is 9.66. The van der Waals surface area contributed by atoms with Crippen LogP contribution in [0.2, 0.25) is 0 Å². The Morgan fingerprint density at radius 2 is 1.87 bits per heavy atom. The van der Waals surface area contributed by atoms with Crippen LogP contribution >= 0.6 is 28.1 Å². The van der Waals surface area contributed by atoms with Gasteiger partial charge in [0.05, 0.1) is 11.1 Å². The molecule has 0 saturated carbocycles. The van der Waals surface area contributed by atoms with E-state index in [0.29, 0.717) is 30.4 Å². The van der Waals surface area contributed by atoms with Crippen molar-refractivity contribution in [3.8, 4) is 11.5 Å². The standard InChI is InChI=1S/C23H27BrN2O3S/c1-15(2)11-12-28-21-10-5-17(13-20(21)24)22(27)26-23(30)25-18-6-8-19(9-7-18)29-14-16(3)4/h5-10,13,15H,3,11-12,14H2,1-2,4H3,(H2,25,26,27,30). The van der Waals surface area contributed by atoms with E-state index in [1.165, 1.54) is 0 Å². The SMILES string of the molecule is C=C(C)COc1ccc(NC(=S)NC(=O)c2ccc(OCCC(C)C)c(Br)c2)cc1. The Morgan fingerprint density at radius 3 is 2.47 bits per heavy atom. The van der Waals surface area contributed by atoms with E-state index >= 15 is 0 Å². The molecule has 1 amide bonds. The molecule has 2 rings (SSSR count). The fourth-order valence-electron chi connectivity index (χ4n) is 2.34. The molecule has 0 radical (unpaired) electrons. The van der Waals surface area contributed by atoms with Gasteiger partial charge in [-0.15, -0.1) is 0 Å². The van der Waals surface area contributed by atoms with Crippen LogP contribution < -0.4 is 20.1 Å². The minimum Gasteiger partial charge on any atom is -0.492 e. The molecule has 0 heterocycles. The first-order chi connectivity index (χ1) is 14.2. The van der Waals surface area contributed by atoms with Crippen molar-refractivity contribution in [2.24, 2.45) is 5.92 Å². The largest absolute Gasteiger partial charge is 0.492 e. The van der Waals surface area contributed by atoms with Gasteiger partial charge in [0, 0.05) is 11.3 Å². The molecule has 0 saturated heterocycles. The molecule has 0 aliphatic carbocycles. The van der Waals surface area contributed by atoms with Crippen LogP contribution in [0.25, 0.3) is 0 Å². The van der Waals surface area contributed by atoms with Crippen molar-refractivity contribution < 1.29 is 14.3 Å². The molecule has 0 fully saturated rings. The molecule has 0 aliphatic heterocycles. The summed E-state index contributed by atoms with van der Waals surface area (Å²) < 4.78 is 12.0. The summed E-state index contributed by atoms with van der Waals surface area (Å²) in [5.41, 5.74) is 2.17. The van der Waals surface area contributed by atoms with E-state index in [2.05, 4.69) is 47.0 Å². The van der Waals surface area contributed by atoms with Gasteiger partial charge < -0.3 is 14.8 Å². The van der Waals surface area contributed by atoms with Crippen LogP contribution in [0, 0.1) is 5.92 Å². The number of amides is 1. The third-order valence-electron chi connectivity index (χ3n) is 3.97. The van der Waals surface area contributed by atoms with Gasteiger partial charge in [-0.05, 0) is 95.4 Å². The van der Waals surface area contributed by atoms with Crippen molar-refractivity contribution in [2.45, 2.75) is 27.2 Å². The molecule has 0 unspecified atom stereocenters. The molecule has 7 heteroatoms. The lowest BCUT2D eigenvalue weighted by molar-refractivity contribution is 0.0977. The number of benzene rings is 2. The summed E-state index contributed by atoms with van der Waals surface area (Å²) in [5, 5.41) is 5.88. The molecular weight excluding hydrogens is 464 g/mol. The third kappa shape index (κ3) is 8.16. The van der Waals surface area contributed by atoms with Gasteiger partial charge in [0.1, 0.15) is 18.1 Å². The number of rotatable bonds is 9. The van der Waals surface area contributed by atoms with Crippen LogP contribution in [-0.4, -0.2) is 24.2 Å². The zero-order valence-corrected chi connectivity index (χ0v) is 19.9. The Bertz CT molecular complexity index is 898. The number of carbonyl (C=O) groups is 1. The van der Waals surface area contributed by atoms with E-state index in [0.717, 1.165) is 27.9 Å². The van der Waals surface area contributed by atoms with Crippen molar-refractivity contribution in [1.29, 1.82) is 0 Å². The van der Waals surface area contributed by atoms with Gasteiger partial charge >= 0.3 is 0 Å². The summed E-state index contributed by atoms with van der Waals surface area (Å²) in [5.74, 6) is 1.71. The number of nitrogens with one attached hydrogen (secondary N) is 2. The Morgan fingerprint density at radius 1 is 1.17 bits per heavy atom. The van der Waals surface area contributed by atoms with Gasteiger partial charge in [-0.3, -0.25) is 10.1 Å². The second kappa shape index (κ2) is 11.7. The molecular formula is C23H27BrN2O3S. The third-order valence-corrected chi connectivity index (χ3v) is 4.80. The van der Waals surface area contributed by atoms with Gasteiger partial charge in [-0.2, -0.15) is 0 Å². The first-order valence-corrected chi connectivity index (χ1v) is 10.9. The molecule has 30 heavy (non-hydrogen) atoms. The minimum absolute atomic E-state index is 0.212. The average Bonchev–Trinajstić information content (AvgIpc) is 2.68. The molecule has 0 aliphatic rings. The van der Waals surface area contributed by atoms with Crippen molar-refractivity contribution in [1.82, 2.24) is 5.32 Å².